The summed E-state index contributed by atoms with van der Waals surface area (Å²) < 4.78 is 26.6. The Kier molecular flexibility index (Phi) is 15.8. The van der Waals surface area contributed by atoms with Crippen LogP contribution in [0.3, 0.4) is 0 Å². The third-order valence-electron chi connectivity index (χ3n) is 0. The molecule has 0 aromatic carbocycles. The summed E-state index contributed by atoms with van der Waals surface area (Å²) in [5.41, 5.74) is 0. The Bertz CT molecular complexity index is 202. The van der Waals surface area contributed by atoms with Crippen LogP contribution in [0.1, 0.15) is 0 Å². The first-order valence-corrected chi connectivity index (χ1v) is 7.04. The van der Waals surface area contributed by atoms with Crippen molar-refractivity contribution in [3.05, 3.63) is 0 Å². The SMILES string of the molecule is O=P(O)(O)O.O=P(O)(O)O.O=P(O)(O)O.[AsH3]. The minimum atomic E-state index is -4.64. The van der Waals surface area contributed by atoms with Gasteiger partial charge in [0.25, 0.3) is 0 Å². The van der Waals surface area contributed by atoms with Gasteiger partial charge in [-0.05, 0) is 0 Å². The van der Waals surface area contributed by atoms with Crippen LogP contribution in [-0.4, -0.2) is 62.0 Å². The van der Waals surface area contributed by atoms with Crippen molar-refractivity contribution in [2.45, 2.75) is 0 Å². The minimum absolute atomic E-state index is 0. The number of hydrogen-bond donors (Lipinski definition) is 9. The van der Waals surface area contributed by atoms with Crippen molar-refractivity contribution in [1.82, 2.24) is 0 Å². The molecule has 0 aromatic rings. The Hall–Kier alpha value is 0.888. The molecule has 0 amide bonds. The quantitative estimate of drug-likeness (QED) is 0.146. The standard InChI is InChI=1S/AsH3.3H3O4P/c;3*1-5(2,3)4/h1H3;3*(H3,1,2,3,4). The van der Waals surface area contributed by atoms with E-state index in [4.69, 9.17) is 57.7 Å². The molecule has 0 aliphatic heterocycles. The Morgan fingerprint density at radius 1 is 0.438 bits per heavy atom. The van der Waals surface area contributed by atoms with Crippen LogP contribution < -0.4 is 0 Å². The monoisotopic (exact) mass is 372 g/mol. The van der Waals surface area contributed by atoms with E-state index >= 15 is 0 Å². The van der Waals surface area contributed by atoms with Gasteiger partial charge in [0, 0.05) is 0 Å². The summed E-state index contributed by atoms with van der Waals surface area (Å²) >= 11 is 0. The average molecular weight is 372 g/mol. The molecule has 16 heteroatoms. The molecule has 0 heterocycles. The van der Waals surface area contributed by atoms with Crippen LogP contribution in [-0.2, 0) is 13.7 Å². The molecule has 0 aliphatic carbocycles. The van der Waals surface area contributed by atoms with Crippen molar-refractivity contribution < 1.29 is 57.7 Å². The van der Waals surface area contributed by atoms with Gasteiger partial charge >= 0.3 is 41.4 Å². The average Bonchev–Trinajstić information content (AvgIpc) is 1.41. The van der Waals surface area contributed by atoms with Gasteiger partial charge in [-0.25, -0.2) is 13.7 Å². The van der Waals surface area contributed by atoms with Crippen molar-refractivity contribution >= 4 is 41.4 Å². The molecular formula is H12AsO12P3. The van der Waals surface area contributed by atoms with Crippen LogP contribution in [0.15, 0.2) is 0 Å². The van der Waals surface area contributed by atoms with Gasteiger partial charge < -0.3 is 44.0 Å². The summed E-state index contributed by atoms with van der Waals surface area (Å²) in [6, 6.07) is 0. The van der Waals surface area contributed by atoms with Gasteiger partial charge in [0.2, 0.25) is 0 Å². The topological polar surface area (TPSA) is 233 Å². The van der Waals surface area contributed by atoms with Crippen LogP contribution in [0.4, 0.5) is 0 Å². The zero-order chi connectivity index (χ0) is 13.5. The first-order valence-electron chi connectivity index (χ1n) is 2.35. The summed E-state index contributed by atoms with van der Waals surface area (Å²) in [5, 5.41) is 0. The molecule has 0 radical (unpaired) electrons. The first-order chi connectivity index (χ1) is 6.00. The van der Waals surface area contributed by atoms with Gasteiger partial charge in [-0.1, -0.05) is 0 Å². The fourth-order valence-electron chi connectivity index (χ4n) is 0. The Labute approximate surface area is 99.6 Å². The van der Waals surface area contributed by atoms with Crippen molar-refractivity contribution in [3.8, 4) is 0 Å². The van der Waals surface area contributed by atoms with Gasteiger partial charge in [-0.2, -0.15) is 0 Å². The second kappa shape index (κ2) is 9.87. The van der Waals surface area contributed by atoms with E-state index in [-0.39, 0.29) is 18.0 Å². The van der Waals surface area contributed by atoms with Crippen molar-refractivity contribution in [1.29, 1.82) is 0 Å². The van der Waals surface area contributed by atoms with Crippen molar-refractivity contribution in [2.75, 3.05) is 0 Å². The molecule has 0 saturated heterocycles. The molecule has 0 fully saturated rings. The number of hydrogen-bond acceptors (Lipinski definition) is 3. The van der Waals surface area contributed by atoms with E-state index in [2.05, 4.69) is 0 Å². The molecule has 16 heavy (non-hydrogen) atoms. The van der Waals surface area contributed by atoms with E-state index < -0.39 is 23.5 Å². The van der Waals surface area contributed by atoms with Crippen molar-refractivity contribution in [2.24, 2.45) is 0 Å². The summed E-state index contributed by atoms with van der Waals surface area (Å²) in [6.45, 7) is 0. The summed E-state index contributed by atoms with van der Waals surface area (Å²) in [4.78, 5) is 64.7. The number of rotatable bonds is 0. The predicted molar refractivity (Wildman–Crippen MR) is 52.7 cm³/mol. The van der Waals surface area contributed by atoms with E-state index in [9.17, 15) is 0 Å². The predicted octanol–water partition coefficient (Wildman–Crippen LogP) is -3.97. The molecule has 0 rings (SSSR count). The third kappa shape index (κ3) is 3640. The third-order valence-corrected chi connectivity index (χ3v) is 0. The molecule has 1 atom stereocenters. The molecule has 0 saturated carbocycles. The van der Waals surface area contributed by atoms with Crippen LogP contribution in [0.25, 0.3) is 0 Å². The fraction of sp³-hybridized carbons (Fsp3) is 0. The van der Waals surface area contributed by atoms with E-state index in [1.54, 1.807) is 0 Å². The molecule has 0 aromatic heterocycles. The molecule has 9 N–H and O–H groups in total. The number of phosphoric acid groups is 3. The second-order valence-corrected chi connectivity index (χ2v) is 4.62. The maximum absolute atomic E-state index is 8.88. The van der Waals surface area contributed by atoms with Crippen LogP contribution in [0.2, 0.25) is 0 Å². The molecule has 0 aliphatic rings. The first kappa shape index (κ1) is 25.7. The normalized spacial score (nSPS) is 11.1. The summed E-state index contributed by atoms with van der Waals surface area (Å²) in [5.74, 6) is 0. The zero-order valence-corrected chi connectivity index (χ0v) is 12.9. The molecule has 1 unspecified atom stereocenters. The van der Waals surface area contributed by atoms with Gasteiger partial charge in [-0.15, -0.1) is 0 Å². The molecule has 12 nitrogen and oxygen atoms in total. The van der Waals surface area contributed by atoms with Crippen LogP contribution >= 0.6 is 23.5 Å². The van der Waals surface area contributed by atoms with E-state index in [0.29, 0.717) is 0 Å². The maximum atomic E-state index is 8.88. The van der Waals surface area contributed by atoms with Gasteiger partial charge in [0.15, 0.2) is 0 Å². The van der Waals surface area contributed by atoms with Crippen molar-refractivity contribution in [3.63, 3.8) is 0 Å². The Balaban J connectivity index is -0.0000000655. The summed E-state index contributed by atoms with van der Waals surface area (Å²) in [6.07, 6.45) is 0. The Morgan fingerprint density at radius 3 is 0.438 bits per heavy atom. The molecule has 0 spiro atoms. The van der Waals surface area contributed by atoms with E-state index in [1.807, 2.05) is 0 Å². The molecule has 0 bridgehead atoms. The zero-order valence-electron chi connectivity index (χ0n) is 7.30. The Morgan fingerprint density at radius 2 is 0.438 bits per heavy atom. The van der Waals surface area contributed by atoms with E-state index in [0.717, 1.165) is 0 Å². The van der Waals surface area contributed by atoms with Gasteiger partial charge in [0.1, 0.15) is 0 Å². The molecule has 104 valence electrons. The van der Waals surface area contributed by atoms with E-state index in [1.165, 1.54) is 0 Å². The second-order valence-electron chi connectivity index (χ2n) is 1.54. The van der Waals surface area contributed by atoms with Gasteiger partial charge in [0.05, 0.1) is 0 Å². The van der Waals surface area contributed by atoms with Crippen LogP contribution in [0.5, 0.6) is 0 Å². The molecular weight excluding hydrogens is 360 g/mol. The summed E-state index contributed by atoms with van der Waals surface area (Å²) in [7, 11) is -13.9. The fourth-order valence-corrected chi connectivity index (χ4v) is 0. The van der Waals surface area contributed by atoms with Crippen LogP contribution in [0, 0.1) is 0 Å². The van der Waals surface area contributed by atoms with Gasteiger partial charge in [-0.3, -0.25) is 0 Å².